The molecule has 0 spiro atoms. The van der Waals surface area contributed by atoms with Gasteiger partial charge >= 0.3 is 0 Å². The average Bonchev–Trinajstić information content (AvgIpc) is 3.58. The van der Waals surface area contributed by atoms with Gasteiger partial charge in [-0.1, -0.05) is 36.4 Å². The second-order valence-corrected chi connectivity index (χ2v) is 9.35. The third kappa shape index (κ3) is 4.33. The summed E-state index contributed by atoms with van der Waals surface area (Å²) in [6.07, 6.45) is 2.12. The molecule has 1 aliphatic heterocycles. The molecule has 1 unspecified atom stereocenters. The zero-order valence-corrected chi connectivity index (χ0v) is 16.7. The lowest BCUT2D eigenvalue weighted by molar-refractivity contribution is -0.122. The van der Waals surface area contributed by atoms with Gasteiger partial charge in [-0.2, -0.15) is 4.31 Å². The van der Waals surface area contributed by atoms with E-state index < -0.39 is 10.0 Å². The van der Waals surface area contributed by atoms with Crippen LogP contribution < -0.4 is 10.6 Å². The number of hydrogen-bond acceptors (Lipinski definition) is 4. The molecule has 2 fully saturated rings. The van der Waals surface area contributed by atoms with Gasteiger partial charge in [0.05, 0.1) is 17.5 Å². The zero-order valence-electron chi connectivity index (χ0n) is 15.9. The number of carbonyl (C=O) groups is 2. The summed E-state index contributed by atoms with van der Waals surface area (Å²) in [7, 11) is -3.84. The molecule has 7 nitrogen and oxygen atoms in total. The van der Waals surface area contributed by atoms with Crippen LogP contribution in [-0.2, 0) is 14.8 Å². The Labute approximate surface area is 170 Å². The van der Waals surface area contributed by atoms with Gasteiger partial charge in [0.25, 0.3) is 5.91 Å². The Kier molecular flexibility index (Phi) is 5.38. The number of benzene rings is 2. The highest BCUT2D eigenvalue weighted by atomic mass is 32.2. The van der Waals surface area contributed by atoms with Crippen molar-refractivity contribution in [2.45, 2.75) is 23.8 Å². The van der Waals surface area contributed by atoms with Crippen molar-refractivity contribution in [1.29, 1.82) is 0 Å². The van der Waals surface area contributed by atoms with Gasteiger partial charge in [-0.05, 0) is 42.5 Å². The quantitative estimate of drug-likeness (QED) is 0.753. The molecule has 1 heterocycles. The number of rotatable bonds is 6. The third-order valence-electron chi connectivity index (χ3n) is 5.28. The summed E-state index contributed by atoms with van der Waals surface area (Å²) in [5.74, 6) is -0.233. The van der Waals surface area contributed by atoms with E-state index in [0.29, 0.717) is 5.92 Å². The number of piperazine rings is 1. The zero-order chi connectivity index (χ0) is 20.4. The maximum absolute atomic E-state index is 12.9. The van der Waals surface area contributed by atoms with Crippen LogP contribution in [0.4, 0.5) is 0 Å². The minimum Gasteiger partial charge on any atom is -0.354 e. The molecular formula is C21H23N3O4S. The standard InChI is InChI=1S/C21H23N3O4S/c25-19-14-24(12-11-22-19)29(27,28)18-8-4-7-17(13-18)21(26)23-20(16-9-10-16)15-5-2-1-3-6-15/h1-8,13,16,20H,9-12,14H2,(H,22,25)(H,23,26). The fraction of sp³-hybridized carbons (Fsp3) is 0.333. The van der Waals surface area contributed by atoms with Gasteiger partial charge in [0.2, 0.25) is 15.9 Å². The van der Waals surface area contributed by atoms with Gasteiger partial charge in [-0.3, -0.25) is 9.59 Å². The van der Waals surface area contributed by atoms with Crippen LogP contribution >= 0.6 is 0 Å². The topological polar surface area (TPSA) is 95.6 Å². The summed E-state index contributed by atoms with van der Waals surface area (Å²) < 4.78 is 26.9. The van der Waals surface area contributed by atoms with Gasteiger partial charge in [0.15, 0.2) is 0 Å². The lowest BCUT2D eigenvalue weighted by atomic mass is 10.0. The number of amides is 2. The molecule has 8 heteroatoms. The van der Waals surface area contributed by atoms with Crippen LogP contribution in [0.25, 0.3) is 0 Å². The second-order valence-electron chi connectivity index (χ2n) is 7.42. The highest BCUT2D eigenvalue weighted by molar-refractivity contribution is 7.89. The van der Waals surface area contributed by atoms with Crippen LogP contribution in [0.2, 0.25) is 0 Å². The molecule has 29 heavy (non-hydrogen) atoms. The highest BCUT2D eigenvalue weighted by Gasteiger charge is 2.34. The fourth-order valence-electron chi connectivity index (χ4n) is 3.56. The Bertz CT molecular complexity index is 1020. The second kappa shape index (κ2) is 7.96. The Balaban J connectivity index is 1.55. The van der Waals surface area contributed by atoms with E-state index in [4.69, 9.17) is 0 Å². The van der Waals surface area contributed by atoms with Crippen LogP contribution in [0.3, 0.4) is 0 Å². The van der Waals surface area contributed by atoms with E-state index in [1.54, 1.807) is 12.1 Å². The molecule has 1 saturated heterocycles. The smallest absolute Gasteiger partial charge is 0.251 e. The van der Waals surface area contributed by atoms with Crippen molar-refractivity contribution < 1.29 is 18.0 Å². The van der Waals surface area contributed by atoms with Gasteiger partial charge < -0.3 is 10.6 Å². The predicted molar refractivity (Wildman–Crippen MR) is 108 cm³/mol. The van der Waals surface area contributed by atoms with Crippen molar-refractivity contribution in [3.63, 3.8) is 0 Å². The first-order valence-corrected chi connectivity index (χ1v) is 11.1. The summed E-state index contributed by atoms with van der Waals surface area (Å²) in [4.78, 5) is 24.5. The van der Waals surface area contributed by atoms with Crippen LogP contribution in [0.1, 0.15) is 34.8 Å². The van der Waals surface area contributed by atoms with Crippen LogP contribution in [0, 0.1) is 5.92 Å². The predicted octanol–water partition coefficient (Wildman–Crippen LogP) is 1.69. The van der Waals surface area contributed by atoms with Crippen molar-refractivity contribution in [3.8, 4) is 0 Å². The minimum atomic E-state index is -3.84. The summed E-state index contributed by atoms with van der Waals surface area (Å²) in [5, 5.41) is 5.67. The van der Waals surface area contributed by atoms with E-state index in [9.17, 15) is 18.0 Å². The summed E-state index contributed by atoms with van der Waals surface area (Å²) in [6, 6.07) is 15.7. The van der Waals surface area contributed by atoms with Crippen molar-refractivity contribution >= 4 is 21.8 Å². The molecule has 2 N–H and O–H groups in total. The maximum atomic E-state index is 12.9. The third-order valence-corrected chi connectivity index (χ3v) is 7.12. The van der Waals surface area contributed by atoms with Crippen molar-refractivity contribution in [2.24, 2.45) is 5.92 Å². The highest BCUT2D eigenvalue weighted by Crippen LogP contribution is 2.41. The molecule has 2 aliphatic rings. The molecule has 0 radical (unpaired) electrons. The van der Waals surface area contributed by atoms with Gasteiger partial charge in [-0.25, -0.2) is 8.42 Å². The summed E-state index contributed by atoms with van der Waals surface area (Å²) in [6.45, 7) is 0.275. The molecular weight excluding hydrogens is 390 g/mol. The molecule has 0 aromatic heterocycles. The Morgan fingerprint density at radius 2 is 1.86 bits per heavy atom. The summed E-state index contributed by atoms with van der Waals surface area (Å²) in [5.41, 5.74) is 1.33. The van der Waals surface area contributed by atoms with Crippen molar-refractivity contribution in [2.75, 3.05) is 19.6 Å². The molecule has 4 rings (SSSR count). The van der Waals surface area contributed by atoms with E-state index in [0.717, 1.165) is 22.7 Å². The first-order chi connectivity index (χ1) is 13.9. The molecule has 152 valence electrons. The van der Waals surface area contributed by atoms with E-state index in [1.165, 1.54) is 12.1 Å². The Hall–Kier alpha value is -2.71. The number of nitrogens with one attached hydrogen (secondary N) is 2. The largest absolute Gasteiger partial charge is 0.354 e. The molecule has 1 aliphatic carbocycles. The first-order valence-electron chi connectivity index (χ1n) is 9.68. The van der Waals surface area contributed by atoms with Crippen molar-refractivity contribution in [3.05, 3.63) is 65.7 Å². The molecule has 1 atom stereocenters. The van der Waals surface area contributed by atoms with Gasteiger partial charge in [0.1, 0.15) is 0 Å². The number of nitrogens with zero attached hydrogens (tertiary/aromatic N) is 1. The fourth-order valence-corrected chi connectivity index (χ4v) is 5.00. The normalized spacial score (nSPS) is 18.7. The van der Waals surface area contributed by atoms with Crippen LogP contribution in [-0.4, -0.2) is 44.2 Å². The molecule has 1 saturated carbocycles. The lowest BCUT2D eigenvalue weighted by Crippen LogP contribution is -2.49. The molecule has 2 aromatic carbocycles. The van der Waals surface area contributed by atoms with Crippen LogP contribution in [0.15, 0.2) is 59.5 Å². The Morgan fingerprint density at radius 3 is 2.55 bits per heavy atom. The maximum Gasteiger partial charge on any atom is 0.251 e. The van der Waals surface area contributed by atoms with Gasteiger partial charge in [0, 0.05) is 18.7 Å². The minimum absolute atomic E-state index is 0.0162. The van der Waals surface area contributed by atoms with E-state index in [2.05, 4.69) is 10.6 Å². The average molecular weight is 413 g/mol. The SMILES string of the molecule is O=C1CN(S(=O)(=O)c2cccc(C(=O)NC(c3ccccc3)C3CC3)c2)CCN1. The van der Waals surface area contributed by atoms with Crippen molar-refractivity contribution in [1.82, 2.24) is 14.9 Å². The number of sulfonamides is 1. The summed E-state index contributed by atoms with van der Waals surface area (Å²) >= 11 is 0. The Morgan fingerprint density at radius 1 is 1.10 bits per heavy atom. The lowest BCUT2D eigenvalue weighted by Gasteiger charge is -2.26. The first kappa shape index (κ1) is 19.6. The van der Waals surface area contributed by atoms with Gasteiger partial charge in [-0.15, -0.1) is 0 Å². The molecule has 2 aromatic rings. The number of carbonyl (C=O) groups excluding carboxylic acids is 2. The van der Waals surface area contributed by atoms with E-state index in [1.807, 2.05) is 30.3 Å². The number of hydrogen-bond donors (Lipinski definition) is 2. The molecule has 0 bridgehead atoms. The van der Waals surface area contributed by atoms with Crippen LogP contribution in [0.5, 0.6) is 0 Å². The van der Waals surface area contributed by atoms with E-state index in [-0.39, 0.29) is 47.9 Å². The van der Waals surface area contributed by atoms with E-state index >= 15 is 0 Å². The monoisotopic (exact) mass is 413 g/mol. The molecule has 2 amide bonds.